The van der Waals surface area contributed by atoms with E-state index >= 15 is 0 Å². The molecule has 0 aliphatic carbocycles. The van der Waals surface area contributed by atoms with Crippen molar-refractivity contribution in [1.29, 1.82) is 0 Å². The normalized spacial score (nSPS) is 16.6. The quantitative estimate of drug-likeness (QED) is 0.617. The molecule has 0 atom stereocenters. The lowest BCUT2D eigenvalue weighted by atomic mass is 9.88. The maximum Gasteiger partial charge on any atom is 0.237 e. The number of ketones is 1. The molecule has 0 unspecified atom stereocenters. The molecule has 0 N–H and O–H groups in total. The lowest BCUT2D eigenvalue weighted by molar-refractivity contribution is -0.133. The van der Waals surface area contributed by atoms with Crippen molar-refractivity contribution < 1.29 is 23.5 Å². The van der Waals surface area contributed by atoms with Crippen molar-refractivity contribution in [3.8, 4) is 11.5 Å². The van der Waals surface area contributed by atoms with Crippen LogP contribution in [-0.4, -0.2) is 60.9 Å². The van der Waals surface area contributed by atoms with E-state index in [1.165, 1.54) is 12.1 Å². The zero-order chi connectivity index (χ0) is 22.5. The highest BCUT2D eigenvalue weighted by Crippen LogP contribution is 2.32. The van der Waals surface area contributed by atoms with Gasteiger partial charge in [0.25, 0.3) is 0 Å². The molecule has 7 heteroatoms. The summed E-state index contributed by atoms with van der Waals surface area (Å²) in [5.74, 6) is 1.10. The van der Waals surface area contributed by atoms with Crippen LogP contribution in [0.4, 0.5) is 4.39 Å². The van der Waals surface area contributed by atoms with E-state index in [9.17, 15) is 14.0 Å². The Kier molecular flexibility index (Phi) is 7.05. The van der Waals surface area contributed by atoms with Crippen molar-refractivity contribution in [1.82, 2.24) is 9.80 Å². The number of amides is 1. The van der Waals surface area contributed by atoms with Gasteiger partial charge in [-0.1, -0.05) is 12.1 Å². The number of carbonyl (C=O) groups excluding carboxylic acids is 2. The molecule has 2 heterocycles. The lowest BCUT2D eigenvalue weighted by Gasteiger charge is -2.32. The van der Waals surface area contributed by atoms with Gasteiger partial charge in [0.2, 0.25) is 5.91 Å². The number of halogens is 1. The number of hydrogen-bond donors (Lipinski definition) is 0. The highest BCUT2D eigenvalue weighted by Gasteiger charge is 2.28. The van der Waals surface area contributed by atoms with Gasteiger partial charge >= 0.3 is 0 Å². The number of piperidine rings is 1. The summed E-state index contributed by atoms with van der Waals surface area (Å²) in [6, 6.07) is 11.7. The van der Waals surface area contributed by atoms with Crippen LogP contribution in [0.3, 0.4) is 0 Å². The number of Topliss-reactive ketones (excluding diaryl/α,β-unsaturated/α-hetero) is 1. The van der Waals surface area contributed by atoms with Crippen LogP contribution < -0.4 is 9.47 Å². The molecule has 2 aliphatic heterocycles. The van der Waals surface area contributed by atoms with Gasteiger partial charge in [0, 0.05) is 24.6 Å². The van der Waals surface area contributed by atoms with E-state index in [1.54, 1.807) is 29.2 Å². The van der Waals surface area contributed by atoms with Gasteiger partial charge in [-0.2, -0.15) is 0 Å². The van der Waals surface area contributed by atoms with Crippen LogP contribution in [0.15, 0.2) is 42.5 Å². The molecule has 0 aromatic heterocycles. The van der Waals surface area contributed by atoms with E-state index in [0.29, 0.717) is 63.0 Å². The van der Waals surface area contributed by atoms with Gasteiger partial charge in [-0.3, -0.25) is 14.5 Å². The third-order valence-corrected chi connectivity index (χ3v) is 6.14. The Morgan fingerprint density at radius 1 is 1.06 bits per heavy atom. The summed E-state index contributed by atoms with van der Waals surface area (Å²) < 4.78 is 24.6. The summed E-state index contributed by atoms with van der Waals surface area (Å²) in [6.45, 7) is 5.61. The Morgan fingerprint density at radius 3 is 2.53 bits per heavy atom. The van der Waals surface area contributed by atoms with E-state index < -0.39 is 0 Å². The SMILES string of the molecule is CCN(Cc1cccc(F)c1)C(=O)CN1CCC(C(=O)c2ccc3c(c2)OCCO3)CC1. The molecule has 0 spiro atoms. The number of rotatable bonds is 7. The van der Waals surface area contributed by atoms with Crippen molar-refractivity contribution in [3.63, 3.8) is 0 Å². The fraction of sp³-hybridized carbons (Fsp3) is 0.440. The molecule has 0 saturated carbocycles. The van der Waals surface area contributed by atoms with Crippen molar-refractivity contribution >= 4 is 11.7 Å². The summed E-state index contributed by atoms with van der Waals surface area (Å²) in [6.07, 6.45) is 1.44. The second kappa shape index (κ2) is 10.1. The topological polar surface area (TPSA) is 59.1 Å². The molecular formula is C25H29FN2O4. The van der Waals surface area contributed by atoms with E-state index in [1.807, 2.05) is 13.0 Å². The number of benzene rings is 2. The van der Waals surface area contributed by atoms with Crippen molar-refractivity contribution in [2.24, 2.45) is 5.92 Å². The second-order valence-electron chi connectivity index (χ2n) is 8.31. The van der Waals surface area contributed by atoms with E-state index in [2.05, 4.69) is 4.90 Å². The first-order valence-corrected chi connectivity index (χ1v) is 11.2. The third-order valence-electron chi connectivity index (χ3n) is 6.14. The molecule has 2 aromatic carbocycles. The first-order chi connectivity index (χ1) is 15.5. The minimum Gasteiger partial charge on any atom is -0.486 e. The molecule has 0 bridgehead atoms. The number of likely N-dealkylation sites (tertiary alicyclic amines) is 1. The van der Waals surface area contributed by atoms with Crippen LogP contribution in [0.2, 0.25) is 0 Å². The lowest BCUT2D eigenvalue weighted by Crippen LogP contribution is -2.44. The number of likely N-dealkylation sites (N-methyl/N-ethyl adjacent to an activating group) is 1. The van der Waals surface area contributed by atoms with Gasteiger partial charge in [0.05, 0.1) is 6.54 Å². The fourth-order valence-electron chi connectivity index (χ4n) is 4.31. The monoisotopic (exact) mass is 440 g/mol. The molecule has 0 radical (unpaired) electrons. The molecule has 2 aliphatic rings. The standard InChI is InChI=1S/C25H29FN2O4/c1-2-28(16-18-4-3-5-21(26)14-18)24(29)17-27-10-8-19(9-11-27)25(30)20-6-7-22-23(15-20)32-13-12-31-22/h3-7,14-15,19H,2,8-13,16-17H2,1H3. The maximum atomic E-state index is 13.5. The van der Waals surface area contributed by atoms with Crippen LogP contribution in [-0.2, 0) is 11.3 Å². The first-order valence-electron chi connectivity index (χ1n) is 11.2. The first kappa shape index (κ1) is 22.3. The van der Waals surface area contributed by atoms with E-state index in [-0.39, 0.29) is 23.4 Å². The van der Waals surface area contributed by atoms with Gasteiger partial charge in [-0.15, -0.1) is 0 Å². The van der Waals surface area contributed by atoms with Gasteiger partial charge in [-0.25, -0.2) is 4.39 Å². The average molecular weight is 441 g/mol. The molecule has 32 heavy (non-hydrogen) atoms. The van der Waals surface area contributed by atoms with E-state index in [0.717, 1.165) is 18.4 Å². The van der Waals surface area contributed by atoms with Crippen molar-refractivity contribution in [3.05, 3.63) is 59.4 Å². The molecule has 6 nitrogen and oxygen atoms in total. The van der Waals surface area contributed by atoms with Crippen molar-refractivity contribution in [2.45, 2.75) is 26.3 Å². The van der Waals surface area contributed by atoms with E-state index in [4.69, 9.17) is 9.47 Å². The van der Waals surface area contributed by atoms with Crippen molar-refractivity contribution in [2.75, 3.05) is 39.4 Å². The van der Waals surface area contributed by atoms with Gasteiger partial charge in [0.1, 0.15) is 19.0 Å². The molecule has 1 amide bonds. The smallest absolute Gasteiger partial charge is 0.237 e. The van der Waals surface area contributed by atoms with Crippen LogP contribution >= 0.6 is 0 Å². The Balaban J connectivity index is 1.29. The minimum atomic E-state index is -0.296. The zero-order valence-electron chi connectivity index (χ0n) is 18.4. The molecule has 170 valence electrons. The number of nitrogens with zero attached hydrogens (tertiary/aromatic N) is 2. The minimum absolute atomic E-state index is 0.0216. The Bertz CT molecular complexity index is 972. The Morgan fingerprint density at radius 2 is 1.81 bits per heavy atom. The summed E-state index contributed by atoms with van der Waals surface area (Å²) in [7, 11) is 0. The van der Waals surface area contributed by atoms with Crippen LogP contribution in [0.1, 0.15) is 35.7 Å². The summed E-state index contributed by atoms with van der Waals surface area (Å²) >= 11 is 0. The molecular weight excluding hydrogens is 411 g/mol. The van der Waals surface area contributed by atoms with Gasteiger partial charge < -0.3 is 14.4 Å². The predicted molar refractivity (Wildman–Crippen MR) is 118 cm³/mol. The largest absolute Gasteiger partial charge is 0.486 e. The van der Waals surface area contributed by atoms with Crippen LogP contribution in [0.25, 0.3) is 0 Å². The Hall–Kier alpha value is -2.93. The Labute approximate surface area is 187 Å². The molecule has 2 aromatic rings. The van der Waals surface area contributed by atoms with Crippen LogP contribution in [0.5, 0.6) is 11.5 Å². The summed E-state index contributed by atoms with van der Waals surface area (Å²) in [4.78, 5) is 29.6. The molecule has 1 fully saturated rings. The number of ether oxygens (including phenoxy) is 2. The maximum absolute atomic E-state index is 13.5. The van der Waals surface area contributed by atoms with Gasteiger partial charge in [0.15, 0.2) is 17.3 Å². The second-order valence-corrected chi connectivity index (χ2v) is 8.31. The highest BCUT2D eigenvalue weighted by molar-refractivity contribution is 5.98. The number of carbonyl (C=O) groups is 2. The summed E-state index contributed by atoms with van der Waals surface area (Å²) in [5.41, 5.74) is 1.43. The fourth-order valence-corrected chi connectivity index (χ4v) is 4.31. The summed E-state index contributed by atoms with van der Waals surface area (Å²) in [5, 5.41) is 0. The third kappa shape index (κ3) is 5.27. The highest BCUT2D eigenvalue weighted by atomic mass is 19.1. The predicted octanol–water partition coefficient (Wildman–Crippen LogP) is 3.54. The average Bonchev–Trinajstić information content (AvgIpc) is 2.82. The number of hydrogen-bond acceptors (Lipinski definition) is 5. The van der Waals surface area contributed by atoms with Crippen LogP contribution in [0, 0.1) is 11.7 Å². The zero-order valence-corrected chi connectivity index (χ0v) is 18.4. The molecule has 4 rings (SSSR count). The number of fused-ring (bicyclic) bond motifs is 1. The van der Waals surface area contributed by atoms with Gasteiger partial charge in [-0.05, 0) is 68.8 Å². The molecule has 1 saturated heterocycles.